The predicted molar refractivity (Wildman–Crippen MR) is 110 cm³/mol. The van der Waals surface area contributed by atoms with E-state index in [2.05, 4.69) is 15.5 Å². The van der Waals surface area contributed by atoms with Gasteiger partial charge in [0.15, 0.2) is 0 Å². The van der Waals surface area contributed by atoms with Gasteiger partial charge < -0.3 is 14.5 Å². The minimum absolute atomic E-state index is 0.203. The lowest BCUT2D eigenvalue weighted by Gasteiger charge is -2.15. The number of aryl methyl sites for hydroxylation is 2. The van der Waals surface area contributed by atoms with Crippen LogP contribution in [0.3, 0.4) is 0 Å². The minimum Gasteiger partial charge on any atom is -0.496 e. The fraction of sp³-hybridized carbons (Fsp3) is 0.300. The van der Waals surface area contributed by atoms with Crippen LogP contribution >= 0.6 is 0 Å². The summed E-state index contributed by atoms with van der Waals surface area (Å²) in [7, 11) is 6.86. The molecule has 0 N–H and O–H groups in total. The first kappa shape index (κ1) is 20.1. The second-order valence-corrected chi connectivity index (χ2v) is 6.66. The van der Waals surface area contributed by atoms with Crippen molar-refractivity contribution in [1.29, 1.82) is 0 Å². The Kier molecular flexibility index (Phi) is 5.96. The van der Waals surface area contributed by atoms with Crippen molar-refractivity contribution in [2.24, 2.45) is 12.1 Å². The first-order valence-corrected chi connectivity index (χ1v) is 9.00. The number of methoxy groups -OCH3 is 1. The number of benzene rings is 2. The van der Waals surface area contributed by atoms with Crippen molar-refractivity contribution in [3.05, 3.63) is 63.6 Å². The lowest BCUT2D eigenvalue weighted by atomic mass is 10.1. The first-order chi connectivity index (χ1) is 13.9. The Hall–Kier alpha value is -3.62. The van der Waals surface area contributed by atoms with Crippen LogP contribution in [0, 0.1) is 6.92 Å². The number of hydrazone groups is 1. The molecule has 9 heteroatoms. The van der Waals surface area contributed by atoms with Gasteiger partial charge in [0.05, 0.1) is 24.6 Å². The molecule has 0 amide bonds. The summed E-state index contributed by atoms with van der Waals surface area (Å²) >= 11 is 0. The van der Waals surface area contributed by atoms with Crippen LogP contribution in [0.1, 0.15) is 16.7 Å². The van der Waals surface area contributed by atoms with Gasteiger partial charge in [-0.3, -0.25) is 0 Å². The largest absolute Gasteiger partial charge is 0.496 e. The van der Waals surface area contributed by atoms with E-state index >= 15 is 0 Å². The topological polar surface area (TPSA) is 86.8 Å². The lowest BCUT2D eigenvalue weighted by Crippen LogP contribution is -2.23. The van der Waals surface area contributed by atoms with E-state index in [0.29, 0.717) is 17.0 Å². The smallest absolute Gasteiger partial charge is 0.368 e. The summed E-state index contributed by atoms with van der Waals surface area (Å²) in [6.07, 6.45) is 1.79. The summed E-state index contributed by atoms with van der Waals surface area (Å²) in [6, 6.07) is 11.2. The summed E-state index contributed by atoms with van der Waals surface area (Å²) in [5.41, 5.74) is 2.87. The summed E-state index contributed by atoms with van der Waals surface area (Å²) in [5.74, 6) is 1.34. The van der Waals surface area contributed by atoms with Gasteiger partial charge in [0.25, 0.3) is 0 Å². The molecule has 29 heavy (non-hydrogen) atoms. The van der Waals surface area contributed by atoms with Crippen LogP contribution in [-0.4, -0.2) is 52.2 Å². The van der Waals surface area contributed by atoms with Gasteiger partial charge in [-0.1, -0.05) is 6.07 Å². The molecule has 0 spiro atoms. The molecule has 1 aromatic heterocycles. The SMILES string of the molecule is COc1cccc(-n2nnn(C)c2=O)c1COc1ccc(C=NN(C)C)cc1C. The van der Waals surface area contributed by atoms with Crippen molar-refractivity contribution >= 4 is 6.21 Å². The molecular formula is C20H24N6O3. The van der Waals surface area contributed by atoms with Crippen LogP contribution in [-0.2, 0) is 13.7 Å². The molecule has 0 bridgehead atoms. The number of ether oxygens (including phenoxy) is 2. The van der Waals surface area contributed by atoms with Gasteiger partial charge in [-0.2, -0.15) is 14.5 Å². The zero-order valence-electron chi connectivity index (χ0n) is 17.2. The van der Waals surface area contributed by atoms with Gasteiger partial charge in [0, 0.05) is 21.1 Å². The predicted octanol–water partition coefficient (Wildman–Crippen LogP) is 1.76. The van der Waals surface area contributed by atoms with E-state index in [1.165, 1.54) is 9.36 Å². The second kappa shape index (κ2) is 8.59. The maximum atomic E-state index is 12.3. The Morgan fingerprint density at radius 1 is 1.17 bits per heavy atom. The number of tetrazole rings is 1. The molecule has 0 aliphatic rings. The lowest BCUT2D eigenvalue weighted by molar-refractivity contribution is 0.294. The molecule has 2 aromatic carbocycles. The van der Waals surface area contributed by atoms with Crippen molar-refractivity contribution in [2.75, 3.05) is 21.2 Å². The zero-order chi connectivity index (χ0) is 21.0. The Morgan fingerprint density at radius 2 is 1.97 bits per heavy atom. The number of rotatable bonds is 7. The van der Waals surface area contributed by atoms with E-state index in [1.807, 2.05) is 45.3 Å². The highest BCUT2D eigenvalue weighted by molar-refractivity contribution is 5.80. The summed E-state index contributed by atoms with van der Waals surface area (Å²) in [5, 5.41) is 13.7. The highest BCUT2D eigenvalue weighted by Crippen LogP contribution is 2.27. The summed E-state index contributed by atoms with van der Waals surface area (Å²) < 4.78 is 13.9. The molecule has 0 saturated carbocycles. The first-order valence-electron chi connectivity index (χ1n) is 9.00. The third-order valence-electron chi connectivity index (χ3n) is 4.29. The van der Waals surface area contributed by atoms with Gasteiger partial charge in [-0.15, -0.1) is 0 Å². The standard InChI is InChI=1S/C20H24N6O3/c1-14-11-15(12-21-24(2)3)9-10-18(14)29-13-16-17(7-6-8-19(16)28-5)26-20(27)25(4)22-23-26/h6-12H,13H2,1-5H3. The fourth-order valence-corrected chi connectivity index (χ4v) is 2.80. The molecule has 0 atom stereocenters. The van der Waals surface area contributed by atoms with Crippen LogP contribution in [0.25, 0.3) is 5.69 Å². The van der Waals surface area contributed by atoms with Gasteiger partial charge in [0.2, 0.25) is 0 Å². The molecule has 3 aromatic rings. The van der Waals surface area contributed by atoms with E-state index < -0.39 is 0 Å². The van der Waals surface area contributed by atoms with Crippen molar-refractivity contribution in [3.8, 4) is 17.2 Å². The van der Waals surface area contributed by atoms with E-state index in [9.17, 15) is 4.79 Å². The van der Waals surface area contributed by atoms with Crippen molar-refractivity contribution in [3.63, 3.8) is 0 Å². The normalized spacial score (nSPS) is 11.1. The maximum absolute atomic E-state index is 12.3. The van der Waals surface area contributed by atoms with Gasteiger partial charge in [-0.25, -0.2) is 4.79 Å². The average molecular weight is 396 g/mol. The number of hydrogen-bond donors (Lipinski definition) is 0. The van der Waals surface area contributed by atoms with Crippen molar-refractivity contribution in [1.82, 2.24) is 24.8 Å². The monoisotopic (exact) mass is 396 g/mol. The Balaban J connectivity index is 1.89. The summed E-state index contributed by atoms with van der Waals surface area (Å²) in [6.45, 7) is 2.17. The van der Waals surface area contributed by atoms with E-state index in [0.717, 1.165) is 16.9 Å². The summed E-state index contributed by atoms with van der Waals surface area (Å²) in [4.78, 5) is 12.3. The maximum Gasteiger partial charge on any atom is 0.368 e. The highest BCUT2D eigenvalue weighted by atomic mass is 16.5. The zero-order valence-corrected chi connectivity index (χ0v) is 17.2. The molecule has 1 heterocycles. The molecule has 0 unspecified atom stereocenters. The third-order valence-corrected chi connectivity index (χ3v) is 4.29. The molecule has 0 fully saturated rings. The van der Waals surface area contributed by atoms with Crippen LogP contribution in [0.4, 0.5) is 0 Å². The van der Waals surface area contributed by atoms with E-state index in [-0.39, 0.29) is 12.3 Å². The molecular weight excluding hydrogens is 372 g/mol. The van der Waals surface area contributed by atoms with Crippen molar-refractivity contribution < 1.29 is 9.47 Å². The molecule has 152 valence electrons. The van der Waals surface area contributed by atoms with E-state index in [4.69, 9.17) is 9.47 Å². The van der Waals surface area contributed by atoms with E-state index in [1.54, 1.807) is 37.5 Å². The molecule has 0 aliphatic heterocycles. The fourth-order valence-electron chi connectivity index (χ4n) is 2.80. The molecule has 0 radical (unpaired) electrons. The number of aromatic nitrogens is 4. The van der Waals surface area contributed by atoms with Gasteiger partial charge in [0.1, 0.15) is 18.1 Å². The van der Waals surface area contributed by atoms with Crippen LogP contribution in [0.5, 0.6) is 11.5 Å². The molecule has 9 nitrogen and oxygen atoms in total. The highest BCUT2D eigenvalue weighted by Gasteiger charge is 2.16. The van der Waals surface area contributed by atoms with Gasteiger partial charge in [-0.05, 0) is 58.8 Å². The number of hydrogen-bond acceptors (Lipinski definition) is 7. The third kappa shape index (κ3) is 4.45. The molecule has 0 saturated heterocycles. The Morgan fingerprint density at radius 3 is 2.59 bits per heavy atom. The quantitative estimate of drug-likeness (QED) is 0.447. The van der Waals surface area contributed by atoms with Gasteiger partial charge >= 0.3 is 5.69 Å². The van der Waals surface area contributed by atoms with Crippen LogP contribution in [0.2, 0.25) is 0 Å². The van der Waals surface area contributed by atoms with Crippen LogP contribution in [0.15, 0.2) is 46.3 Å². The average Bonchev–Trinajstić information content (AvgIpc) is 3.04. The molecule has 0 aliphatic carbocycles. The van der Waals surface area contributed by atoms with Crippen LogP contribution < -0.4 is 15.2 Å². The Bertz CT molecular complexity index is 1080. The minimum atomic E-state index is -0.347. The molecule has 3 rings (SSSR count). The number of nitrogens with zero attached hydrogens (tertiary/aromatic N) is 6. The van der Waals surface area contributed by atoms with Crippen molar-refractivity contribution in [2.45, 2.75) is 13.5 Å². The second-order valence-electron chi connectivity index (χ2n) is 6.66. The Labute approximate surface area is 168 Å².